The van der Waals surface area contributed by atoms with Crippen LogP contribution in [0.2, 0.25) is 9.36 Å². The standard InChI is InChI=1S/C12H16Cl2N4S/c1-3-18-9(12(14)7(2)17-18)6-8(16-15)10-4-5-11(13)19-10/h4-5,8,16H,3,6,15H2,1-2H3. The van der Waals surface area contributed by atoms with Gasteiger partial charge < -0.3 is 0 Å². The summed E-state index contributed by atoms with van der Waals surface area (Å²) >= 11 is 13.8. The van der Waals surface area contributed by atoms with Crippen molar-refractivity contribution >= 4 is 34.5 Å². The molecule has 0 aromatic carbocycles. The van der Waals surface area contributed by atoms with Gasteiger partial charge in [-0.25, -0.2) is 0 Å². The molecule has 0 saturated carbocycles. The number of hydrogen-bond acceptors (Lipinski definition) is 4. The van der Waals surface area contributed by atoms with Crippen molar-refractivity contribution in [1.29, 1.82) is 0 Å². The van der Waals surface area contributed by atoms with Crippen LogP contribution in [0.3, 0.4) is 0 Å². The molecule has 0 bridgehead atoms. The molecule has 0 fully saturated rings. The maximum Gasteiger partial charge on any atom is 0.0931 e. The van der Waals surface area contributed by atoms with E-state index in [1.807, 2.05) is 30.7 Å². The molecule has 0 aliphatic heterocycles. The summed E-state index contributed by atoms with van der Waals surface area (Å²) in [6.45, 7) is 4.73. The molecule has 0 aliphatic carbocycles. The molecule has 19 heavy (non-hydrogen) atoms. The lowest BCUT2D eigenvalue weighted by atomic mass is 10.1. The summed E-state index contributed by atoms with van der Waals surface area (Å²) in [5, 5.41) is 5.12. The maximum atomic E-state index is 6.31. The zero-order valence-electron chi connectivity index (χ0n) is 10.8. The first-order valence-corrected chi connectivity index (χ1v) is 7.57. The second-order valence-electron chi connectivity index (χ2n) is 4.23. The van der Waals surface area contributed by atoms with Crippen molar-refractivity contribution in [2.45, 2.75) is 32.9 Å². The normalized spacial score (nSPS) is 12.9. The van der Waals surface area contributed by atoms with Gasteiger partial charge in [0.05, 0.1) is 26.8 Å². The van der Waals surface area contributed by atoms with E-state index < -0.39 is 0 Å². The Labute approximate surface area is 126 Å². The lowest BCUT2D eigenvalue weighted by molar-refractivity contribution is 0.523. The van der Waals surface area contributed by atoms with Gasteiger partial charge in [-0.05, 0) is 26.0 Å². The average Bonchev–Trinajstić information content (AvgIpc) is 2.93. The summed E-state index contributed by atoms with van der Waals surface area (Å²) in [4.78, 5) is 1.09. The molecule has 0 radical (unpaired) electrons. The highest BCUT2D eigenvalue weighted by Gasteiger charge is 2.19. The van der Waals surface area contributed by atoms with Crippen LogP contribution in [0.15, 0.2) is 12.1 Å². The van der Waals surface area contributed by atoms with Crippen LogP contribution < -0.4 is 11.3 Å². The average molecular weight is 319 g/mol. The fourth-order valence-electron chi connectivity index (χ4n) is 2.01. The zero-order valence-corrected chi connectivity index (χ0v) is 13.1. The largest absolute Gasteiger partial charge is 0.271 e. The van der Waals surface area contributed by atoms with Crippen molar-refractivity contribution in [1.82, 2.24) is 15.2 Å². The van der Waals surface area contributed by atoms with Crippen LogP contribution >= 0.6 is 34.5 Å². The fourth-order valence-corrected chi connectivity index (χ4v) is 3.35. The van der Waals surface area contributed by atoms with E-state index in [2.05, 4.69) is 10.5 Å². The molecule has 2 rings (SSSR count). The van der Waals surface area contributed by atoms with Crippen LogP contribution in [0.4, 0.5) is 0 Å². The zero-order chi connectivity index (χ0) is 14.0. The number of thiophene rings is 1. The number of aryl methyl sites for hydroxylation is 2. The second-order valence-corrected chi connectivity index (χ2v) is 6.35. The minimum absolute atomic E-state index is 0.0172. The van der Waals surface area contributed by atoms with Crippen molar-refractivity contribution in [2.24, 2.45) is 5.84 Å². The first-order valence-electron chi connectivity index (χ1n) is 6.00. The summed E-state index contributed by atoms with van der Waals surface area (Å²) in [7, 11) is 0. The van der Waals surface area contributed by atoms with E-state index in [4.69, 9.17) is 29.0 Å². The van der Waals surface area contributed by atoms with E-state index in [0.717, 1.165) is 27.1 Å². The first kappa shape index (κ1) is 14.8. The van der Waals surface area contributed by atoms with Crippen LogP contribution in [-0.4, -0.2) is 9.78 Å². The third kappa shape index (κ3) is 3.12. The summed E-state index contributed by atoms with van der Waals surface area (Å²) in [6, 6.07) is 3.83. The Bertz CT molecular complexity index is 564. The van der Waals surface area contributed by atoms with E-state index in [1.54, 1.807) is 0 Å². The van der Waals surface area contributed by atoms with Gasteiger partial charge in [0.15, 0.2) is 0 Å². The van der Waals surface area contributed by atoms with Gasteiger partial charge >= 0.3 is 0 Å². The summed E-state index contributed by atoms with van der Waals surface area (Å²) in [5.74, 6) is 5.65. The summed E-state index contributed by atoms with van der Waals surface area (Å²) in [5.41, 5.74) is 4.66. The number of hydrazine groups is 1. The van der Waals surface area contributed by atoms with Crippen LogP contribution in [0.25, 0.3) is 0 Å². The van der Waals surface area contributed by atoms with Crippen LogP contribution in [0, 0.1) is 6.92 Å². The second kappa shape index (κ2) is 6.24. The fraction of sp³-hybridized carbons (Fsp3) is 0.417. The number of halogens is 2. The van der Waals surface area contributed by atoms with Gasteiger partial charge in [0.25, 0.3) is 0 Å². The lowest BCUT2D eigenvalue weighted by Gasteiger charge is -2.15. The van der Waals surface area contributed by atoms with E-state index in [9.17, 15) is 0 Å². The molecular weight excluding hydrogens is 303 g/mol. The Morgan fingerprint density at radius 2 is 2.21 bits per heavy atom. The topological polar surface area (TPSA) is 55.9 Å². The Morgan fingerprint density at radius 3 is 2.74 bits per heavy atom. The van der Waals surface area contributed by atoms with Crippen molar-refractivity contribution in [3.63, 3.8) is 0 Å². The van der Waals surface area contributed by atoms with E-state index in [0.29, 0.717) is 11.4 Å². The van der Waals surface area contributed by atoms with Gasteiger partial charge in [-0.1, -0.05) is 23.2 Å². The maximum absolute atomic E-state index is 6.31. The molecule has 2 aromatic heterocycles. The van der Waals surface area contributed by atoms with Gasteiger partial charge in [-0.15, -0.1) is 11.3 Å². The Hall–Kier alpha value is -0.590. The third-order valence-corrected chi connectivity index (χ3v) is 4.83. The number of hydrogen-bond donors (Lipinski definition) is 2. The Kier molecular flexibility index (Phi) is 4.86. The number of aromatic nitrogens is 2. The SMILES string of the molecule is CCn1nc(C)c(Cl)c1CC(NN)c1ccc(Cl)s1. The molecule has 3 N–H and O–H groups in total. The molecule has 0 spiro atoms. The van der Waals surface area contributed by atoms with E-state index in [-0.39, 0.29) is 6.04 Å². The predicted molar refractivity (Wildman–Crippen MR) is 80.7 cm³/mol. The highest BCUT2D eigenvalue weighted by molar-refractivity contribution is 7.16. The van der Waals surface area contributed by atoms with Crippen molar-refractivity contribution in [3.8, 4) is 0 Å². The number of rotatable bonds is 5. The molecule has 0 amide bonds. The quantitative estimate of drug-likeness (QED) is 0.656. The molecule has 0 saturated heterocycles. The van der Waals surface area contributed by atoms with Crippen molar-refractivity contribution in [2.75, 3.05) is 0 Å². The molecule has 1 unspecified atom stereocenters. The highest BCUT2D eigenvalue weighted by atomic mass is 35.5. The lowest BCUT2D eigenvalue weighted by Crippen LogP contribution is -2.29. The molecule has 0 aliphatic rings. The smallest absolute Gasteiger partial charge is 0.0931 e. The third-order valence-electron chi connectivity index (χ3n) is 2.99. The summed E-state index contributed by atoms with van der Waals surface area (Å²) in [6.07, 6.45) is 0.681. The molecule has 4 nitrogen and oxygen atoms in total. The number of nitrogens with one attached hydrogen (secondary N) is 1. The minimum Gasteiger partial charge on any atom is -0.271 e. The van der Waals surface area contributed by atoms with Gasteiger partial charge in [0.1, 0.15) is 0 Å². The van der Waals surface area contributed by atoms with Crippen molar-refractivity contribution < 1.29 is 0 Å². The molecular formula is C12H16Cl2N4S. The molecule has 104 valence electrons. The molecule has 2 heterocycles. The Balaban J connectivity index is 2.28. The number of nitrogens with two attached hydrogens (primary N) is 1. The van der Waals surface area contributed by atoms with Gasteiger partial charge in [-0.3, -0.25) is 16.0 Å². The van der Waals surface area contributed by atoms with E-state index >= 15 is 0 Å². The van der Waals surface area contributed by atoms with Crippen LogP contribution in [0.1, 0.15) is 29.2 Å². The molecule has 7 heteroatoms. The highest BCUT2D eigenvalue weighted by Crippen LogP contribution is 2.31. The van der Waals surface area contributed by atoms with E-state index in [1.165, 1.54) is 11.3 Å². The minimum atomic E-state index is -0.0172. The predicted octanol–water partition coefficient (Wildman–Crippen LogP) is 3.33. The number of nitrogens with zero attached hydrogens (tertiary/aromatic N) is 2. The molecule has 1 atom stereocenters. The molecule has 2 aromatic rings. The van der Waals surface area contributed by atoms with Crippen molar-refractivity contribution in [3.05, 3.63) is 37.8 Å². The van der Waals surface area contributed by atoms with Gasteiger partial charge in [-0.2, -0.15) is 5.10 Å². The van der Waals surface area contributed by atoms with Crippen LogP contribution in [0.5, 0.6) is 0 Å². The van der Waals surface area contributed by atoms with Gasteiger partial charge in [0.2, 0.25) is 0 Å². The summed E-state index contributed by atoms with van der Waals surface area (Å²) < 4.78 is 2.67. The first-order chi connectivity index (χ1) is 9.06. The monoisotopic (exact) mass is 318 g/mol. The van der Waals surface area contributed by atoms with Gasteiger partial charge in [0, 0.05) is 17.8 Å². The Morgan fingerprint density at radius 1 is 1.47 bits per heavy atom. The van der Waals surface area contributed by atoms with Crippen LogP contribution in [-0.2, 0) is 13.0 Å².